The van der Waals surface area contributed by atoms with E-state index in [0.29, 0.717) is 6.61 Å². The zero-order chi connectivity index (χ0) is 17.2. The molecule has 0 aliphatic carbocycles. The fraction of sp³-hybridized carbons (Fsp3) is 0.867. The number of rotatable bonds is 9. The summed E-state index contributed by atoms with van der Waals surface area (Å²) in [6.45, 7) is 4.46. The molecule has 1 fully saturated rings. The average molecular weight is 333 g/mol. The molecule has 8 nitrogen and oxygen atoms in total. The number of carbonyl (C=O) groups excluding carboxylic acids is 1. The van der Waals surface area contributed by atoms with Gasteiger partial charge < -0.3 is 24.1 Å². The van der Waals surface area contributed by atoms with Crippen LogP contribution >= 0.6 is 0 Å². The van der Waals surface area contributed by atoms with E-state index in [1.807, 2.05) is 6.92 Å². The summed E-state index contributed by atoms with van der Waals surface area (Å²) in [5, 5.41) is 9.21. The lowest BCUT2D eigenvalue weighted by molar-refractivity contribution is -0.194. The molecule has 134 valence electrons. The lowest BCUT2D eigenvalue weighted by Crippen LogP contribution is -2.46. The maximum Gasteiger partial charge on any atom is 0.410 e. The first kappa shape index (κ1) is 19.7. The number of amides is 1. The number of hydrogen-bond acceptors (Lipinski definition) is 6. The van der Waals surface area contributed by atoms with Crippen LogP contribution in [0.15, 0.2) is 0 Å². The molecule has 1 saturated heterocycles. The quantitative estimate of drug-likeness (QED) is 0.683. The summed E-state index contributed by atoms with van der Waals surface area (Å²) in [4.78, 5) is 23.9. The lowest BCUT2D eigenvalue weighted by atomic mass is 10.2. The van der Waals surface area contributed by atoms with E-state index in [-0.39, 0.29) is 32.2 Å². The van der Waals surface area contributed by atoms with Crippen LogP contribution in [-0.2, 0) is 23.7 Å². The van der Waals surface area contributed by atoms with Gasteiger partial charge in [-0.1, -0.05) is 0 Å². The molecule has 0 aromatic heterocycles. The van der Waals surface area contributed by atoms with Gasteiger partial charge in [0.15, 0.2) is 12.3 Å². The van der Waals surface area contributed by atoms with Gasteiger partial charge >= 0.3 is 12.1 Å². The Morgan fingerprint density at radius 1 is 1.35 bits per heavy atom. The lowest BCUT2D eigenvalue weighted by Gasteiger charge is -2.27. The van der Waals surface area contributed by atoms with Gasteiger partial charge in [0.25, 0.3) is 0 Å². The fourth-order valence-corrected chi connectivity index (χ4v) is 2.16. The van der Waals surface area contributed by atoms with Gasteiger partial charge in [0.05, 0.1) is 25.9 Å². The highest BCUT2D eigenvalue weighted by molar-refractivity contribution is 5.79. The molecule has 1 rings (SSSR count). The molecule has 1 aliphatic rings. The number of carboxylic acids is 1. The first-order valence-corrected chi connectivity index (χ1v) is 7.92. The van der Waals surface area contributed by atoms with Gasteiger partial charge in [-0.05, 0) is 33.1 Å². The first-order chi connectivity index (χ1) is 11.0. The van der Waals surface area contributed by atoms with E-state index in [0.717, 1.165) is 24.2 Å². The summed E-state index contributed by atoms with van der Waals surface area (Å²) in [5.74, 6) is -1.15. The Kier molecular flexibility index (Phi) is 8.90. The number of likely N-dealkylation sites (N-methyl/N-ethyl adjacent to an activating group) is 1. The molecule has 8 heteroatoms. The second-order valence-electron chi connectivity index (χ2n) is 5.44. The Hall–Kier alpha value is -1.38. The van der Waals surface area contributed by atoms with Gasteiger partial charge in [-0.25, -0.2) is 9.59 Å². The largest absolute Gasteiger partial charge is 0.480 e. The molecule has 1 aliphatic heterocycles. The van der Waals surface area contributed by atoms with Gasteiger partial charge in [-0.2, -0.15) is 0 Å². The summed E-state index contributed by atoms with van der Waals surface area (Å²) in [7, 11) is 1.37. The van der Waals surface area contributed by atoms with Crippen molar-refractivity contribution in [1.29, 1.82) is 0 Å². The molecule has 0 aromatic rings. The number of hydrogen-bond donors (Lipinski definition) is 1. The molecular weight excluding hydrogens is 306 g/mol. The predicted octanol–water partition coefficient (Wildman–Crippen LogP) is 1.48. The average Bonchev–Trinajstić information content (AvgIpc) is 2.51. The van der Waals surface area contributed by atoms with E-state index in [1.54, 1.807) is 6.92 Å². The summed E-state index contributed by atoms with van der Waals surface area (Å²) >= 11 is 0. The zero-order valence-electron chi connectivity index (χ0n) is 14.0. The zero-order valence-corrected chi connectivity index (χ0v) is 14.0. The molecule has 0 radical (unpaired) electrons. The highest BCUT2D eigenvalue weighted by atomic mass is 16.7. The number of carboxylic acid groups (broad SMARTS) is 1. The van der Waals surface area contributed by atoms with Crippen molar-refractivity contribution in [3.05, 3.63) is 0 Å². The van der Waals surface area contributed by atoms with Crippen LogP contribution in [0.5, 0.6) is 0 Å². The van der Waals surface area contributed by atoms with Crippen LogP contribution in [-0.4, -0.2) is 74.0 Å². The number of ether oxygens (including phenoxy) is 4. The topological polar surface area (TPSA) is 94.5 Å². The molecule has 1 amide bonds. The molecule has 1 N–H and O–H groups in total. The Morgan fingerprint density at radius 2 is 2.09 bits per heavy atom. The van der Waals surface area contributed by atoms with Crippen molar-refractivity contribution in [3.63, 3.8) is 0 Å². The minimum atomic E-state index is -1.15. The van der Waals surface area contributed by atoms with E-state index < -0.39 is 18.1 Å². The second-order valence-corrected chi connectivity index (χ2v) is 5.44. The molecule has 0 saturated carbocycles. The third-order valence-corrected chi connectivity index (χ3v) is 3.46. The van der Waals surface area contributed by atoms with Gasteiger partial charge in [0.2, 0.25) is 0 Å². The van der Waals surface area contributed by atoms with Crippen molar-refractivity contribution >= 4 is 12.1 Å². The van der Waals surface area contributed by atoms with Gasteiger partial charge in [0.1, 0.15) is 0 Å². The molecule has 0 spiro atoms. The van der Waals surface area contributed by atoms with Crippen molar-refractivity contribution in [1.82, 2.24) is 4.90 Å². The Morgan fingerprint density at radius 3 is 2.65 bits per heavy atom. The molecule has 3 atom stereocenters. The van der Waals surface area contributed by atoms with Crippen LogP contribution in [0.4, 0.5) is 4.79 Å². The molecular formula is C15H27NO7. The van der Waals surface area contributed by atoms with Crippen LogP contribution < -0.4 is 0 Å². The minimum Gasteiger partial charge on any atom is -0.480 e. The van der Waals surface area contributed by atoms with Crippen molar-refractivity contribution in [2.24, 2.45) is 0 Å². The number of nitrogens with zero attached hydrogens (tertiary/aromatic N) is 1. The number of aliphatic carboxylic acids is 1. The maximum atomic E-state index is 11.6. The van der Waals surface area contributed by atoms with Gasteiger partial charge in [-0.15, -0.1) is 0 Å². The molecule has 1 unspecified atom stereocenters. The van der Waals surface area contributed by atoms with Crippen LogP contribution in [0, 0.1) is 0 Å². The highest BCUT2D eigenvalue weighted by Crippen LogP contribution is 2.15. The van der Waals surface area contributed by atoms with Crippen LogP contribution in [0.3, 0.4) is 0 Å². The summed E-state index contributed by atoms with van der Waals surface area (Å²) in [5.41, 5.74) is 0. The molecule has 23 heavy (non-hydrogen) atoms. The van der Waals surface area contributed by atoms with Crippen LogP contribution in [0.25, 0.3) is 0 Å². The van der Waals surface area contributed by atoms with Gasteiger partial charge in [-0.3, -0.25) is 4.90 Å². The first-order valence-electron chi connectivity index (χ1n) is 7.92. The Labute approximate surface area is 136 Å². The second kappa shape index (κ2) is 10.4. The Bertz CT molecular complexity index is 371. The van der Waals surface area contributed by atoms with E-state index >= 15 is 0 Å². The van der Waals surface area contributed by atoms with Crippen LogP contribution in [0.2, 0.25) is 0 Å². The summed E-state index contributed by atoms with van der Waals surface area (Å²) in [6, 6.07) is -1.10. The summed E-state index contributed by atoms with van der Waals surface area (Å²) in [6.07, 6.45) is 1.84. The molecule has 0 bridgehead atoms. The maximum absolute atomic E-state index is 11.6. The van der Waals surface area contributed by atoms with E-state index in [9.17, 15) is 14.7 Å². The van der Waals surface area contributed by atoms with Crippen LogP contribution in [0.1, 0.15) is 33.1 Å². The Balaban J connectivity index is 2.34. The monoisotopic (exact) mass is 333 g/mol. The van der Waals surface area contributed by atoms with E-state index in [2.05, 4.69) is 0 Å². The third kappa shape index (κ3) is 7.15. The van der Waals surface area contributed by atoms with Crippen molar-refractivity contribution in [3.8, 4) is 0 Å². The SMILES string of the molecule is CCOC(=O)N(C)[C@@H](COC[C@H](C)OC1CCCCO1)C(=O)O. The molecule has 0 aromatic carbocycles. The predicted molar refractivity (Wildman–Crippen MR) is 81.2 cm³/mol. The van der Waals surface area contributed by atoms with Gasteiger partial charge in [0, 0.05) is 13.7 Å². The fourth-order valence-electron chi connectivity index (χ4n) is 2.16. The third-order valence-electron chi connectivity index (χ3n) is 3.46. The van der Waals surface area contributed by atoms with Crippen molar-refractivity contribution in [2.45, 2.75) is 51.5 Å². The normalized spacial score (nSPS) is 20.6. The summed E-state index contributed by atoms with van der Waals surface area (Å²) < 4.78 is 21.3. The van der Waals surface area contributed by atoms with Crippen molar-refractivity contribution in [2.75, 3.05) is 33.5 Å². The standard InChI is InChI=1S/C15H27NO7/c1-4-21-15(19)16(3)12(14(17)18)10-20-9-11(2)23-13-7-5-6-8-22-13/h11-13H,4-10H2,1-3H3,(H,17,18)/t11-,12-,13?/m0/s1. The highest BCUT2D eigenvalue weighted by Gasteiger charge is 2.28. The van der Waals surface area contributed by atoms with E-state index in [4.69, 9.17) is 18.9 Å². The van der Waals surface area contributed by atoms with E-state index in [1.165, 1.54) is 7.05 Å². The smallest absolute Gasteiger partial charge is 0.410 e. The minimum absolute atomic E-state index is 0.135. The van der Waals surface area contributed by atoms with Crippen molar-refractivity contribution < 1.29 is 33.6 Å². The molecule has 1 heterocycles. The number of carbonyl (C=O) groups is 2.